The van der Waals surface area contributed by atoms with Gasteiger partial charge in [0.1, 0.15) is 5.65 Å². The predicted molar refractivity (Wildman–Crippen MR) is 73.3 cm³/mol. The van der Waals surface area contributed by atoms with Crippen LogP contribution in [0.3, 0.4) is 0 Å². The van der Waals surface area contributed by atoms with Crippen molar-refractivity contribution in [2.75, 3.05) is 13.1 Å². The summed E-state index contributed by atoms with van der Waals surface area (Å²) in [5.74, 6) is 2.92. The Hall–Kier alpha value is -2.28. The van der Waals surface area contributed by atoms with Crippen LogP contribution in [-0.2, 0) is 11.2 Å². The molecule has 0 aromatic carbocycles. The van der Waals surface area contributed by atoms with Crippen LogP contribution in [-0.4, -0.2) is 33.9 Å². The average Bonchev–Trinajstić information content (AvgIpc) is 3.00. The van der Waals surface area contributed by atoms with E-state index < -0.39 is 0 Å². The molecule has 4 nitrogen and oxygen atoms in total. The van der Waals surface area contributed by atoms with Gasteiger partial charge in [-0.3, -0.25) is 4.79 Å². The van der Waals surface area contributed by atoms with Crippen molar-refractivity contribution in [1.82, 2.24) is 14.9 Å². The number of hydrogen-bond acceptors (Lipinski definition) is 2. The molecule has 0 radical (unpaired) electrons. The summed E-state index contributed by atoms with van der Waals surface area (Å²) >= 11 is 0. The van der Waals surface area contributed by atoms with Gasteiger partial charge in [-0.1, -0.05) is 0 Å². The molecule has 1 aliphatic rings. The first-order valence-corrected chi connectivity index (χ1v) is 6.43. The van der Waals surface area contributed by atoms with Crippen LogP contribution in [0, 0.1) is 18.3 Å². The van der Waals surface area contributed by atoms with Gasteiger partial charge in [0.25, 0.3) is 0 Å². The van der Waals surface area contributed by atoms with E-state index >= 15 is 0 Å². The summed E-state index contributed by atoms with van der Waals surface area (Å²) in [7, 11) is 0. The van der Waals surface area contributed by atoms with E-state index in [0.29, 0.717) is 13.0 Å². The number of carbonyl (C=O) groups excluding carboxylic acids is 1. The molecule has 1 unspecified atom stereocenters. The zero-order chi connectivity index (χ0) is 13.2. The fraction of sp³-hybridized carbons (Fsp3) is 0.333. The van der Waals surface area contributed by atoms with Crippen LogP contribution in [0.5, 0.6) is 0 Å². The Morgan fingerprint density at radius 3 is 3.26 bits per heavy atom. The van der Waals surface area contributed by atoms with Crippen LogP contribution in [0.15, 0.2) is 24.5 Å². The second-order valence-corrected chi connectivity index (χ2v) is 4.87. The number of aromatic amines is 1. The van der Waals surface area contributed by atoms with E-state index in [2.05, 4.69) is 15.9 Å². The monoisotopic (exact) mass is 253 g/mol. The number of carbonyl (C=O) groups is 1. The number of pyridine rings is 1. The molecular formula is C15H15N3O. The number of nitrogens with zero attached hydrogens (tertiary/aromatic N) is 2. The fourth-order valence-electron chi connectivity index (χ4n) is 2.57. The first-order chi connectivity index (χ1) is 9.28. The van der Waals surface area contributed by atoms with E-state index in [1.54, 1.807) is 6.20 Å². The summed E-state index contributed by atoms with van der Waals surface area (Å²) < 4.78 is 0. The molecule has 1 saturated heterocycles. The normalized spacial score (nSPS) is 19.0. The van der Waals surface area contributed by atoms with Crippen LogP contribution in [0.4, 0.5) is 0 Å². The summed E-state index contributed by atoms with van der Waals surface area (Å²) in [6.45, 7) is 1.41. The van der Waals surface area contributed by atoms with E-state index in [9.17, 15) is 4.79 Å². The van der Waals surface area contributed by atoms with Gasteiger partial charge in [-0.25, -0.2) is 4.98 Å². The Morgan fingerprint density at radius 2 is 2.47 bits per heavy atom. The molecule has 0 spiro atoms. The van der Waals surface area contributed by atoms with Crippen LogP contribution in [0.2, 0.25) is 0 Å². The van der Waals surface area contributed by atoms with Crippen molar-refractivity contribution in [3.05, 3.63) is 30.1 Å². The summed E-state index contributed by atoms with van der Waals surface area (Å²) in [5.41, 5.74) is 2.09. The Bertz CT molecular complexity index is 653. The van der Waals surface area contributed by atoms with Crippen LogP contribution >= 0.6 is 0 Å². The number of H-pyrrole nitrogens is 1. The molecule has 3 heterocycles. The second-order valence-electron chi connectivity index (χ2n) is 4.87. The maximum absolute atomic E-state index is 11.8. The number of likely N-dealkylation sites (tertiary alicyclic amines) is 1. The molecule has 0 saturated carbocycles. The smallest absolute Gasteiger partial charge is 0.223 e. The van der Waals surface area contributed by atoms with Crippen molar-refractivity contribution in [3.8, 4) is 12.3 Å². The molecular weight excluding hydrogens is 238 g/mol. The lowest BCUT2D eigenvalue weighted by atomic mass is 10.1. The maximum atomic E-state index is 11.8. The van der Waals surface area contributed by atoms with Gasteiger partial charge in [0.2, 0.25) is 5.91 Å². The lowest BCUT2D eigenvalue weighted by molar-refractivity contribution is -0.127. The number of fused-ring (bicyclic) bond motifs is 1. The average molecular weight is 253 g/mol. The van der Waals surface area contributed by atoms with Crippen LogP contribution < -0.4 is 0 Å². The minimum Gasteiger partial charge on any atom is -0.346 e. The summed E-state index contributed by atoms with van der Waals surface area (Å²) in [4.78, 5) is 21.0. The van der Waals surface area contributed by atoms with Crippen molar-refractivity contribution >= 4 is 16.9 Å². The number of rotatable bonds is 3. The third-order valence-corrected chi connectivity index (χ3v) is 3.64. The molecule has 4 heteroatoms. The van der Waals surface area contributed by atoms with Gasteiger partial charge in [0.15, 0.2) is 0 Å². The quantitative estimate of drug-likeness (QED) is 0.844. The SMILES string of the molecule is C#CC1CC(=O)N(CCc2c[nH]c3ncccc23)C1. The molecule has 1 fully saturated rings. The topological polar surface area (TPSA) is 49.0 Å². The van der Waals surface area contributed by atoms with E-state index in [4.69, 9.17) is 6.42 Å². The number of terminal acetylenes is 1. The van der Waals surface area contributed by atoms with E-state index in [0.717, 1.165) is 24.0 Å². The number of amides is 1. The number of hydrogen-bond donors (Lipinski definition) is 1. The Balaban J connectivity index is 1.70. The summed E-state index contributed by atoms with van der Waals surface area (Å²) in [5, 5.41) is 1.13. The zero-order valence-electron chi connectivity index (χ0n) is 10.6. The molecule has 96 valence electrons. The minimum absolute atomic E-state index is 0.0807. The standard InChI is InChI=1S/C15H15N3O/c1-2-11-8-14(19)18(10-11)7-5-12-9-17-15-13(12)4-3-6-16-15/h1,3-4,6,9,11H,5,7-8,10H2,(H,16,17). The lowest BCUT2D eigenvalue weighted by Gasteiger charge is -2.15. The van der Waals surface area contributed by atoms with Crippen molar-refractivity contribution in [1.29, 1.82) is 0 Å². The van der Waals surface area contributed by atoms with Gasteiger partial charge < -0.3 is 9.88 Å². The highest BCUT2D eigenvalue weighted by Crippen LogP contribution is 2.20. The maximum Gasteiger partial charge on any atom is 0.223 e. The largest absolute Gasteiger partial charge is 0.346 e. The first kappa shape index (κ1) is 11.8. The third kappa shape index (κ3) is 2.19. The van der Waals surface area contributed by atoms with E-state index in [1.165, 1.54) is 5.56 Å². The Kier molecular flexibility index (Phi) is 2.96. The van der Waals surface area contributed by atoms with Gasteiger partial charge in [0.05, 0.1) is 0 Å². The van der Waals surface area contributed by atoms with Gasteiger partial charge in [-0.2, -0.15) is 0 Å². The molecule has 19 heavy (non-hydrogen) atoms. The third-order valence-electron chi connectivity index (χ3n) is 3.64. The predicted octanol–water partition coefficient (Wildman–Crippen LogP) is 1.59. The molecule has 0 bridgehead atoms. The number of nitrogens with one attached hydrogen (secondary N) is 1. The molecule has 1 N–H and O–H groups in total. The first-order valence-electron chi connectivity index (χ1n) is 6.43. The molecule has 2 aromatic heterocycles. The highest BCUT2D eigenvalue weighted by Gasteiger charge is 2.27. The van der Waals surface area contributed by atoms with Crippen molar-refractivity contribution in [2.45, 2.75) is 12.8 Å². The molecule has 2 aromatic rings. The van der Waals surface area contributed by atoms with E-state index in [-0.39, 0.29) is 11.8 Å². The van der Waals surface area contributed by atoms with Gasteiger partial charge in [0, 0.05) is 43.2 Å². The second kappa shape index (κ2) is 4.77. The van der Waals surface area contributed by atoms with E-state index in [1.807, 2.05) is 23.2 Å². The molecule has 1 amide bonds. The Morgan fingerprint density at radius 1 is 1.58 bits per heavy atom. The highest BCUT2D eigenvalue weighted by molar-refractivity contribution is 5.80. The van der Waals surface area contributed by atoms with Gasteiger partial charge in [-0.05, 0) is 24.1 Å². The van der Waals surface area contributed by atoms with Crippen molar-refractivity contribution in [3.63, 3.8) is 0 Å². The highest BCUT2D eigenvalue weighted by atomic mass is 16.2. The lowest BCUT2D eigenvalue weighted by Crippen LogP contribution is -2.27. The van der Waals surface area contributed by atoms with Crippen LogP contribution in [0.25, 0.3) is 11.0 Å². The molecule has 1 aliphatic heterocycles. The van der Waals surface area contributed by atoms with Gasteiger partial charge >= 0.3 is 0 Å². The summed E-state index contributed by atoms with van der Waals surface area (Å²) in [6.07, 6.45) is 10.4. The molecule has 3 rings (SSSR count). The minimum atomic E-state index is 0.0807. The molecule has 0 aliphatic carbocycles. The zero-order valence-corrected chi connectivity index (χ0v) is 10.6. The van der Waals surface area contributed by atoms with Crippen LogP contribution in [0.1, 0.15) is 12.0 Å². The number of aromatic nitrogens is 2. The Labute approximate surface area is 111 Å². The van der Waals surface area contributed by atoms with Crippen molar-refractivity contribution in [2.24, 2.45) is 5.92 Å². The summed E-state index contributed by atoms with van der Waals surface area (Å²) in [6, 6.07) is 3.97. The van der Waals surface area contributed by atoms with Crippen molar-refractivity contribution < 1.29 is 4.79 Å². The fourth-order valence-corrected chi connectivity index (χ4v) is 2.57. The molecule has 1 atom stereocenters. The van der Waals surface area contributed by atoms with Gasteiger partial charge in [-0.15, -0.1) is 12.3 Å².